The van der Waals surface area contributed by atoms with Gasteiger partial charge in [0.2, 0.25) is 5.91 Å². The van der Waals surface area contributed by atoms with Crippen LogP contribution in [0.1, 0.15) is 23.7 Å². The lowest BCUT2D eigenvalue weighted by molar-refractivity contribution is -0.120. The SMILES string of the molecule is CCOc1ccccc1-c1nc(CC(=O)NCc2ccccc2C)cs1. The second kappa shape index (κ2) is 8.63. The number of aryl methyl sites for hydroxylation is 1. The molecule has 0 aliphatic heterocycles. The first-order valence-electron chi connectivity index (χ1n) is 8.65. The molecule has 1 aromatic heterocycles. The number of nitrogens with one attached hydrogen (secondary N) is 1. The van der Waals surface area contributed by atoms with Crippen molar-refractivity contribution in [2.24, 2.45) is 0 Å². The highest BCUT2D eigenvalue weighted by Gasteiger charge is 2.12. The van der Waals surface area contributed by atoms with Crippen molar-refractivity contribution < 1.29 is 9.53 Å². The number of ether oxygens (including phenoxy) is 1. The third kappa shape index (κ3) is 4.49. The van der Waals surface area contributed by atoms with Gasteiger partial charge in [-0.05, 0) is 37.1 Å². The highest BCUT2D eigenvalue weighted by atomic mass is 32.1. The summed E-state index contributed by atoms with van der Waals surface area (Å²) in [6, 6.07) is 15.9. The van der Waals surface area contributed by atoms with E-state index >= 15 is 0 Å². The van der Waals surface area contributed by atoms with E-state index in [4.69, 9.17) is 4.74 Å². The second-order valence-electron chi connectivity index (χ2n) is 5.95. The van der Waals surface area contributed by atoms with E-state index in [-0.39, 0.29) is 12.3 Å². The van der Waals surface area contributed by atoms with Gasteiger partial charge in [0.15, 0.2) is 0 Å². The number of carbonyl (C=O) groups excluding carboxylic acids is 1. The average molecular weight is 366 g/mol. The van der Waals surface area contributed by atoms with Crippen LogP contribution in [0, 0.1) is 6.92 Å². The van der Waals surface area contributed by atoms with Crippen LogP contribution in [0.25, 0.3) is 10.6 Å². The van der Waals surface area contributed by atoms with E-state index < -0.39 is 0 Å². The van der Waals surface area contributed by atoms with Crippen molar-refractivity contribution in [3.05, 3.63) is 70.7 Å². The maximum Gasteiger partial charge on any atom is 0.226 e. The Balaban J connectivity index is 1.63. The molecule has 1 amide bonds. The normalized spacial score (nSPS) is 10.5. The first kappa shape index (κ1) is 18.1. The van der Waals surface area contributed by atoms with Crippen molar-refractivity contribution >= 4 is 17.2 Å². The summed E-state index contributed by atoms with van der Waals surface area (Å²) < 4.78 is 5.67. The van der Waals surface area contributed by atoms with Crippen LogP contribution in [0.2, 0.25) is 0 Å². The number of rotatable bonds is 7. The Morgan fingerprint density at radius 3 is 2.73 bits per heavy atom. The summed E-state index contributed by atoms with van der Waals surface area (Å²) >= 11 is 1.53. The Morgan fingerprint density at radius 1 is 1.15 bits per heavy atom. The summed E-state index contributed by atoms with van der Waals surface area (Å²) in [6.45, 7) is 5.15. The number of amides is 1. The first-order chi connectivity index (χ1) is 12.7. The molecule has 1 N–H and O–H groups in total. The summed E-state index contributed by atoms with van der Waals surface area (Å²) in [4.78, 5) is 16.9. The van der Waals surface area contributed by atoms with Crippen LogP contribution in [0.4, 0.5) is 0 Å². The number of aromatic nitrogens is 1. The maximum atomic E-state index is 12.2. The van der Waals surface area contributed by atoms with Gasteiger partial charge in [0.1, 0.15) is 10.8 Å². The van der Waals surface area contributed by atoms with Crippen LogP contribution < -0.4 is 10.1 Å². The van der Waals surface area contributed by atoms with Gasteiger partial charge in [-0.3, -0.25) is 4.79 Å². The van der Waals surface area contributed by atoms with E-state index in [1.807, 2.05) is 67.8 Å². The number of carbonyl (C=O) groups is 1. The number of para-hydroxylation sites is 1. The summed E-state index contributed by atoms with van der Waals surface area (Å²) in [5, 5.41) is 5.78. The van der Waals surface area contributed by atoms with Crippen LogP contribution in [0.15, 0.2) is 53.9 Å². The van der Waals surface area contributed by atoms with E-state index in [1.54, 1.807) is 0 Å². The minimum atomic E-state index is -0.0248. The van der Waals surface area contributed by atoms with Crippen LogP contribution in [0.3, 0.4) is 0 Å². The van der Waals surface area contributed by atoms with Crippen molar-refractivity contribution in [3.8, 4) is 16.3 Å². The highest BCUT2D eigenvalue weighted by molar-refractivity contribution is 7.13. The second-order valence-corrected chi connectivity index (χ2v) is 6.81. The van der Waals surface area contributed by atoms with E-state index in [0.29, 0.717) is 13.2 Å². The Bertz CT molecular complexity index is 889. The lowest BCUT2D eigenvalue weighted by Gasteiger charge is -2.07. The number of benzene rings is 2. The Hall–Kier alpha value is -2.66. The molecular weight excluding hydrogens is 344 g/mol. The first-order valence-corrected chi connectivity index (χ1v) is 9.53. The zero-order valence-electron chi connectivity index (χ0n) is 15.0. The molecule has 3 rings (SSSR count). The van der Waals surface area contributed by atoms with E-state index in [9.17, 15) is 4.79 Å². The highest BCUT2D eigenvalue weighted by Crippen LogP contribution is 2.32. The topological polar surface area (TPSA) is 51.2 Å². The molecule has 0 saturated heterocycles. The van der Waals surface area contributed by atoms with Gasteiger partial charge in [-0.25, -0.2) is 4.98 Å². The molecule has 0 aliphatic rings. The van der Waals surface area contributed by atoms with Gasteiger partial charge in [-0.2, -0.15) is 0 Å². The van der Waals surface area contributed by atoms with E-state index in [0.717, 1.165) is 27.6 Å². The van der Waals surface area contributed by atoms with Crippen LogP contribution in [0.5, 0.6) is 5.75 Å². The van der Waals surface area contributed by atoms with Crippen LogP contribution in [-0.2, 0) is 17.8 Å². The fraction of sp³-hybridized carbons (Fsp3) is 0.238. The third-order valence-corrected chi connectivity index (χ3v) is 4.97. The average Bonchev–Trinajstić information content (AvgIpc) is 3.10. The molecule has 0 spiro atoms. The lowest BCUT2D eigenvalue weighted by Crippen LogP contribution is -2.25. The van der Waals surface area contributed by atoms with Crippen molar-refractivity contribution in [3.63, 3.8) is 0 Å². The van der Waals surface area contributed by atoms with Crippen LogP contribution in [-0.4, -0.2) is 17.5 Å². The number of nitrogens with zero attached hydrogens (tertiary/aromatic N) is 1. The third-order valence-electron chi connectivity index (χ3n) is 4.05. The summed E-state index contributed by atoms with van der Waals surface area (Å²) in [6.07, 6.45) is 0.277. The molecule has 26 heavy (non-hydrogen) atoms. The summed E-state index contributed by atoms with van der Waals surface area (Å²) in [7, 11) is 0. The van der Waals surface area contributed by atoms with Crippen molar-refractivity contribution in [2.45, 2.75) is 26.8 Å². The molecule has 4 nitrogen and oxygen atoms in total. The smallest absolute Gasteiger partial charge is 0.226 e. The van der Waals surface area contributed by atoms with Gasteiger partial charge in [-0.1, -0.05) is 36.4 Å². The number of hydrogen-bond acceptors (Lipinski definition) is 4. The van der Waals surface area contributed by atoms with Gasteiger partial charge in [0.25, 0.3) is 0 Å². The standard InChI is InChI=1S/C21H22N2O2S/c1-3-25-19-11-7-6-10-18(19)21-23-17(14-26-21)12-20(24)22-13-16-9-5-4-8-15(16)2/h4-11,14H,3,12-13H2,1-2H3,(H,22,24). The van der Waals surface area contributed by atoms with E-state index in [1.165, 1.54) is 16.9 Å². The van der Waals surface area contributed by atoms with Gasteiger partial charge in [0, 0.05) is 11.9 Å². The van der Waals surface area contributed by atoms with Crippen LogP contribution >= 0.6 is 11.3 Å². The molecule has 0 unspecified atom stereocenters. The maximum absolute atomic E-state index is 12.2. The molecule has 0 radical (unpaired) electrons. The predicted octanol–water partition coefficient (Wildman–Crippen LogP) is 4.38. The molecule has 1 heterocycles. The fourth-order valence-electron chi connectivity index (χ4n) is 2.67. The zero-order valence-corrected chi connectivity index (χ0v) is 15.8. The van der Waals surface area contributed by atoms with Gasteiger partial charge in [-0.15, -0.1) is 11.3 Å². The van der Waals surface area contributed by atoms with Gasteiger partial charge >= 0.3 is 0 Å². The lowest BCUT2D eigenvalue weighted by atomic mass is 10.1. The number of thiazole rings is 1. The molecule has 2 aromatic carbocycles. The minimum Gasteiger partial charge on any atom is -0.493 e. The predicted molar refractivity (Wildman–Crippen MR) is 105 cm³/mol. The molecule has 0 atom stereocenters. The molecular formula is C21H22N2O2S. The Labute approximate surface area is 157 Å². The molecule has 134 valence electrons. The summed E-state index contributed by atoms with van der Waals surface area (Å²) in [5.74, 6) is 0.795. The molecule has 0 fully saturated rings. The fourth-order valence-corrected chi connectivity index (χ4v) is 3.52. The monoisotopic (exact) mass is 366 g/mol. The van der Waals surface area contributed by atoms with Crippen molar-refractivity contribution in [2.75, 3.05) is 6.61 Å². The molecule has 0 saturated carbocycles. The molecule has 5 heteroatoms. The quantitative estimate of drug-likeness (QED) is 0.675. The largest absolute Gasteiger partial charge is 0.493 e. The Morgan fingerprint density at radius 2 is 1.92 bits per heavy atom. The van der Waals surface area contributed by atoms with Gasteiger partial charge in [0.05, 0.1) is 24.3 Å². The number of hydrogen-bond donors (Lipinski definition) is 1. The minimum absolute atomic E-state index is 0.0248. The van der Waals surface area contributed by atoms with E-state index in [2.05, 4.69) is 10.3 Å². The molecule has 0 bridgehead atoms. The zero-order chi connectivity index (χ0) is 18.4. The summed E-state index contributed by atoms with van der Waals surface area (Å²) in [5.41, 5.74) is 4.05. The van der Waals surface area contributed by atoms with Crippen molar-refractivity contribution in [1.29, 1.82) is 0 Å². The van der Waals surface area contributed by atoms with Gasteiger partial charge < -0.3 is 10.1 Å². The Kier molecular flexibility index (Phi) is 6.02. The molecule has 0 aliphatic carbocycles. The van der Waals surface area contributed by atoms with Crippen molar-refractivity contribution in [1.82, 2.24) is 10.3 Å². The molecule has 3 aromatic rings.